The molecule has 1 amide bonds. The van der Waals surface area contributed by atoms with Gasteiger partial charge in [0.25, 0.3) is 0 Å². The lowest BCUT2D eigenvalue weighted by Gasteiger charge is -2.12. The van der Waals surface area contributed by atoms with E-state index in [0.29, 0.717) is 5.57 Å². The van der Waals surface area contributed by atoms with Crippen LogP contribution in [0, 0.1) is 0 Å². The first-order valence-electron chi connectivity index (χ1n) is 3.51. The van der Waals surface area contributed by atoms with Crippen LogP contribution < -0.4 is 5.32 Å². The topological polar surface area (TPSA) is 49.3 Å². The number of amides is 1. The first kappa shape index (κ1) is 10.2. The number of carbonyl (C=O) groups is 1. The molecule has 0 aliphatic carbocycles. The number of likely N-dealkylation sites (N-methyl/N-ethyl adjacent to an activating group) is 1. The fourth-order valence-electron chi connectivity index (χ4n) is 0.793. The van der Waals surface area contributed by atoms with E-state index in [9.17, 15) is 9.90 Å². The summed E-state index contributed by atoms with van der Waals surface area (Å²) in [5.74, 6) is -0.160. The van der Waals surface area contributed by atoms with E-state index in [1.54, 1.807) is 27.8 Å². The molecule has 11 heavy (non-hydrogen) atoms. The maximum absolute atomic E-state index is 10.9. The highest BCUT2D eigenvalue weighted by Crippen LogP contribution is 2.06. The molecule has 2 N–H and O–H groups in total. The molecule has 0 fully saturated rings. The van der Waals surface area contributed by atoms with Crippen molar-refractivity contribution in [2.75, 3.05) is 7.05 Å². The Hall–Kier alpha value is -0.830. The molecule has 64 valence electrons. The maximum Gasteiger partial charge on any atom is 0.246 e. The smallest absolute Gasteiger partial charge is 0.246 e. The van der Waals surface area contributed by atoms with Gasteiger partial charge in [0.05, 0.1) is 5.60 Å². The summed E-state index contributed by atoms with van der Waals surface area (Å²) in [6, 6.07) is 0. The predicted octanol–water partition coefficient (Wildman–Crippen LogP) is 0.450. The monoisotopic (exact) mass is 157 g/mol. The van der Waals surface area contributed by atoms with Crippen LogP contribution >= 0.6 is 0 Å². The molecule has 0 heterocycles. The summed E-state index contributed by atoms with van der Waals surface area (Å²) in [6.45, 7) is 4.91. The average molecular weight is 157 g/mol. The van der Waals surface area contributed by atoms with Gasteiger partial charge in [-0.1, -0.05) is 0 Å². The van der Waals surface area contributed by atoms with Crippen LogP contribution in [0.5, 0.6) is 0 Å². The fraction of sp³-hybridized carbons (Fsp3) is 0.625. The summed E-state index contributed by atoms with van der Waals surface area (Å²) in [7, 11) is 1.56. The largest absolute Gasteiger partial charge is 0.386 e. The van der Waals surface area contributed by atoms with E-state index in [2.05, 4.69) is 5.32 Å². The normalized spacial score (nSPS) is 13.0. The fourth-order valence-corrected chi connectivity index (χ4v) is 0.793. The number of rotatable bonds is 2. The molecule has 3 heteroatoms. The number of carbonyl (C=O) groups excluding carboxylic acids is 1. The van der Waals surface area contributed by atoms with Gasteiger partial charge in [-0.05, 0) is 26.8 Å². The van der Waals surface area contributed by atoms with Gasteiger partial charge in [-0.3, -0.25) is 4.79 Å². The Kier molecular flexibility index (Phi) is 3.26. The summed E-state index contributed by atoms with van der Waals surface area (Å²) in [6.07, 6.45) is 1.52. The van der Waals surface area contributed by atoms with Gasteiger partial charge < -0.3 is 10.4 Å². The Morgan fingerprint density at radius 2 is 2.00 bits per heavy atom. The van der Waals surface area contributed by atoms with Gasteiger partial charge >= 0.3 is 0 Å². The number of nitrogens with one attached hydrogen (secondary N) is 1. The molecule has 0 aromatic rings. The molecule has 0 atom stereocenters. The summed E-state index contributed by atoms with van der Waals surface area (Å²) in [5.41, 5.74) is -0.392. The molecule has 3 nitrogen and oxygen atoms in total. The van der Waals surface area contributed by atoms with Crippen LogP contribution in [-0.4, -0.2) is 23.7 Å². The molecule has 0 aliphatic rings. The molecule has 0 aromatic heterocycles. The van der Waals surface area contributed by atoms with Crippen LogP contribution in [-0.2, 0) is 4.79 Å². The Morgan fingerprint density at radius 3 is 2.27 bits per heavy atom. The van der Waals surface area contributed by atoms with Crippen molar-refractivity contribution in [1.29, 1.82) is 0 Å². The summed E-state index contributed by atoms with van der Waals surface area (Å²) < 4.78 is 0. The molecular formula is C8H15NO2. The van der Waals surface area contributed by atoms with E-state index in [4.69, 9.17) is 0 Å². The molecule has 0 radical (unpaired) electrons. The van der Waals surface area contributed by atoms with Crippen molar-refractivity contribution in [3.05, 3.63) is 11.6 Å². The zero-order valence-corrected chi connectivity index (χ0v) is 7.43. The minimum Gasteiger partial charge on any atom is -0.386 e. The molecule has 0 aliphatic heterocycles. The second kappa shape index (κ2) is 3.53. The van der Waals surface area contributed by atoms with Crippen molar-refractivity contribution in [1.82, 2.24) is 5.32 Å². The van der Waals surface area contributed by atoms with E-state index in [1.807, 2.05) is 0 Å². The van der Waals surface area contributed by atoms with E-state index >= 15 is 0 Å². The summed E-state index contributed by atoms with van der Waals surface area (Å²) in [4.78, 5) is 10.9. The van der Waals surface area contributed by atoms with Crippen molar-refractivity contribution < 1.29 is 9.90 Å². The highest BCUT2D eigenvalue weighted by atomic mass is 16.3. The predicted molar refractivity (Wildman–Crippen MR) is 44.1 cm³/mol. The number of hydrogen-bond acceptors (Lipinski definition) is 2. The zero-order chi connectivity index (χ0) is 9.07. The lowest BCUT2D eigenvalue weighted by atomic mass is 10.1. The van der Waals surface area contributed by atoms with Crippen molar-refractivity contribution >= 4 is 5.91 Å². The van der Waals surface area contributed by atoms with Gasteiger partial charge in [0, 0.05) is 12.6 Å². The van der Waals surface area contributed by atoms with Crippen molar-refractivity contribution in [2.24, 2.45) is 0 Å². The van der Waals surface area contributed by atoms with E-state index < -0.39 is 5.60 Å². The molecule has 0 aromatic carbocycles. The van der Waals surface area contributed by atoms with Gasteiger partial charge in [0.2, 0.25) is 5.91 Å². The first-order valence-corrected chi connectivity index (χ1v) is 3.51. The lowest BCUT2D eigenvalue weighted by Crippen LogP contribution is -2.22. The lowest BCUT2D eigenvalue weighted by molar-refractivity contribution is -0.117. The molecule has 0 spiro atoms. The molecule has 0 saturated carbocycles. The molecule has 0 rings (SSSR count). The SMILES string of the molecule is CNC(=O)/C(C)=C/C(C)(C)O. The molecule has 0 bridgehead atoms. The number of aliphatic hydroxyl groups is 1. The Balaban J connectivity index is 4.34. The van der Waals surface area contributed by atoms with E-state index in [0.717, 1.165) is 0 Å². The van der Waals surface area contributed by atoms with Crippen LogP contribution in [0.25, 0.3) is 0 Å². The van der Waals surface area contributed by atoms with Gasteiger partial charge in [-0.25, -0.2) is 0 Å². The standard InChI is InChI=1S/C8H15NO2/c1-6(7(10)9-4)5-8(2,3)11/h5,11H,1-4H3,(H,9,10)/b6-5+. The van der Waals surface area contributed by atoms with E-state index in [1.165, 1.54) is 6.08 Å². The van der Waals surface area contributed by atoms with Gasteiger partial charge in [-0.2, -0.15) is 0 Å². The highest BCUT2D eigenvalue weighted by Gasteiger charge is 2.11. The van der Waals surface area contributed by atoms with Crippen molar-refractivity contribution in [2.45, 2.75) is 26.4 Å². The minimum atomic E-state index is -0.920. The number of hydrogen-bond donors (Lipinski definition) is 2. The van der Waals surface area contributed by atoms with Crippen LogP contribution in [0.1, 0.15) is 20.8 Å². The Bertz CT molecular complexity index is 177. The Labute approximate surface area is 67.1 Å². The summed E-state index contributed by atoms with van der Waals surface area (Å²) in [5, 5.41) is 11.7. The Morgan fingerprint density at radius 1 is 1.55 bits per heavy atom. The van der Waals surface area contributed by atoms with Crippen LogP contribution in [0.15, 0.2) is 11.6 Å². The molecule has 0 saturated heterocycles. The zero-order valence-electron chi connectivity index (χ0n) is 7.43. The molecular weight excluding hydrogens is 142 g/mol. The third-order valence-corrected chi connectivity index (χ3v) is 1.15. The van der Waals surface area contributed by atoms with Crippen LogP contribution in [0.3, 0.4) is 0 Å². The molecule has 0 unspecified atom stereocenters. The first-order chi connectivity index (χ1) is 4.87. The van der Waals surface area contributed by atoms with Crippen molar-refractivity contribution in [3.8, 4) is 0 Å². The third kappa shape index (κ3) is 4.56. The minimum absolute atomic E-state index is 0.160. The quantitative estimate of drug-likeness (QED) is 0.572. The van der Waals surface area contributed by atoms with Gasteiger partial charge in [0.15, 0.2) is 0 Å². The van der Waals surface area contributed by atoms with E-state index in [-0.39, 0.29) is 5.91 Å². The highest BCUT2D eigenvalue weighted by molar-refractivity contribution is 5.92. The average Bonchev–Trinajstić information content (AvgIpc) is 1.82. The second-order valence-corrected chi connectivity index (χ2v) is 3.06. The summed E-state index contributed by atoms with van der Waals surface area (Å²) >= 11 is 0. The second-order valence-electron chi connectivity index (χ2n) is 3.06. The third-order valence-electron chi connectivity index (χ3n) is 1.15. The van der Waals surface area contributed by atoms with Crippen LogP contribution in [0.4, 0.5) is 0 Å². The van der Waals surface area contributed by atoms with Crippen LogP contribution in [0.2, 0.25) is 0 Å². The van der Waals surface area contributed by atoms with Gasteiger partial charge in [-0.15, -0.1) is 0 Å². The van der Waals surface area contributed by atoms with Gasteiger partial charge in [0.1, 0.15) is 0 Å². The van der Waals surface area contributed by atoms with Crippen molar-refractivity contribution in [3.63, 3.8) is 0 Å². The maximum atomic E-state index is 10.9.